The number of hydrogen-bond donors (Lipinski definition) is 1. The molecule has 1 aromatic carbocycles. The molecule has 2 atom stereocenters. The van der Waals surface area contributed by atoms with Crippen molar-refractivity contribution in [2.75, 3.05) is 26.0 Å². The molecule has 1 aromatic rings. The molecular formula is C21H28F4N2O4S. The van der Waals surface area contributed by atoms with E-state index in [4.69, 9.17) is 9.47 Å². The van der Waals surface area contributed by atoms with E-state index in [9.17, 15) is 17.2 Å². The smallest absolute Gasteiger partial charge is 0.411 e. The molecule has 1 saturated heterocycles. The summed E-state index contributed by atoms with van der Waals surface area (Å²) in [7, 11) is -3.56. The Morgan fingerprint density at radius 3 is 2.53 bits per heavy atom. The van der Waals surface area contributed by atoms with Crippen LogP contribution in [0.4, 0.5) is 17.6 Å². The van der Waals surface area contributed by atoms with Gasteiger partial charge in [-0.2, -0.15) is 8.78 Å². The maximum absolute atomic E-state index is 15.0. The van der Waals surface area contributed by atoms with E-state index in [-0.39, 0.29) is 24.2 Å². The van der Waals surface area contributed by atoms with Crippen molar-refractivity contribution in [3.63, 3.8) is 0 Å². The highest BCUT2D eigenvalue weighted by atomic mass is 32.2. The van der Waals surface area contributed by atoms with E-state index in [1.807, 2.05) is 0 Å². The normalized spacial score (nSPS) is 31.4. The second-order valence-corrected chi connectivity index (χ2v) is 10.8. The van der Waals surface area contributed by atoms with Crippen molar-refractivity contribution in [2.45, 2.75) is 68.7 Å². The first-order chi connectivity index (χ1) is 15.0. The zero-order valence-electron chi connectivity index (χ0n) is 17.8. The lowest BCUT2D eigenvalue weighted by Gasteiger charge is -2.42. The lowest BCUT2D eigenvalue weighted by atomic mass is 9.82. The molecule has 5 rings (SSSR count). The fraction of sp³-hybridized carbons (Fsp3) is 0.714. The summed E-state index contributed by atoms with van der Waals surface area (Å²) in [6.07, 6.45) is 0.386. The number of sulfonamides is 1. The molecule has 6 nitrogen and oxygen atoms in total. The molecule has 2 fully saturated rings. The van der Waals surface area contributed by atoms with Gasteiger partial charge in [-0.15, -0.1) is 0 Å². The van der Waals surface area contributed by atoms with E-state index in [1.54, 1.807) is 0 Å². The van der Waals surface area contributed by atoms with E-state index < -0.39 is 52.1 Å². The quantitative estimate of drug-likeness (QED) is 0.658. The highest BCUT2D eigenvalue weighted by molar-refractivity contribution is 7.88. The monoisotopic (exact) mass is 480 g/mol. The van der Waals surface area contributed by atoms with Crippen LogP contribution in [0, 0.1) is 11.6 Å². The Morgan fingerprint density at radius 1 is 1.12 bits per heavy atom. The molecule has 0 amide bonds. The molecule has 3 heterocycles. The Balaban J connectivity index is 1.69. The summed E-state index contributed by atoms with van der Waals surface area (Å²) in [5, 5.41) is 0. The molecule has 0 spiro atoms. The van der Waals surface area contributed by atoms with Gasteiger partial charge >= 0.3 is 6.11 Å². The van der Waals surface area contributed by atoms with Crippen LogP contribution in [0.25, 0.3) is 0 Å². The Kier molecular flexibility index (Phi) is 6.73. The largest absolute Gasteiger partial charge is 0.428 e. The lowest BCUT2D eigenvalue weighted by Crippen LogP contribution is -2.60. The molecule has 180 valence electrons. The number of fused-ring (bicyclic) bond motifs is 5. The minimum atomic E-state index is -3.77. The molecule has 32 heavy (non-hydrogen) atoms. The summed E-state index contributed by atoms with van der Waals surface area (Å²) >= 11 is 0. The van der Waals surface area contributed by atoms with Crippen LogP contribution < -0.4 is 9.46 Å². The van der Waals surface area contributed by atoms with Gasteiger partial charge in [-0.05, 0) is 57.1 Å². The van der Waals surface area contributed by atoms with Crippen LogP contribution >= 0.6 is 0 Å². The van der Waals surface area contributed by atoms with Gasteiger partial charge in [0.25, 0.3) is 0 Å². The fourth-order valence-electron chi connectivity index (χ4n) is 5.14. The highest BCUT2D eigenvalue weighted by Crippen LogP contribution is 2.42. The standard InChI is InChI=1S/C21H28F4N2O4S/c1-32(28,29)26-18-3-2-8-27-12-21(24,25)31-20-16(9-14(22)10-17(20)23)13-4-6-15(7-5-13)30-11-19(18)27/h9-10,13,15,18-19,26H,2-8,11-12H2,1H3/t13?,15?,18-,19?/m0/s1. The molecule has 1 N–H and O–H groups in total. The Labute approximate surface area is 185 Å². The summed E-state index contributed by atoms with van der Waals surface area (Å²) in [5.41, 5.74) is 0.117. The van der Waals surface area contributed by atoms with Crippen LogP contribution in [0.5, 0.6) is 5.75 Å². The summed E-state index contributed by atoms with van der Waals surface area (Å²) in [6.45, 7) is -0.482. The van der Waals surface area contributed by atoms with Crippen LogP contribution in [0.3, 0.4) is 0 Å². The average molecular weight is 481 g/mol. The van der Waals surface area contributed by atoms with Crippen LogP contribution in [0.15, 0.2) is 12.1 Å². The number of rotatable bonds is 2. The molecule has 3 aliphatic heterocycles. The van der Waals surface area contributed by atoms with Gasteiger partial charge in [-0.3, -0.25) is 4.90 Å². The Bertz CT molecular complexity index is 938. The number of piperidine rings is 1. The molecule has 4 aliphatic rings. The first-order valence-electron chi connectivity index (χ1n) is 10.9. The summed E-state index contributed by atoms with van der Waals surface area (Å²) in [5.74, 6) is -2.91. The number of alkyl halides is 2. The van der Waals surface area contributed by atoms with Crippen molar-refractivity contribution >= 4 is 10.0 Å². The van der Waals surface area contributed by atoms with E-state index in [1.165, 1.54) is 4.90 Å². The minimum absolute atomic E-state index is 0.0918. The molecule has 1 saturated carbocycles. The first kappa shape index (κ1) is 23.7. The number of halogens is 4. The van der Waals surface area contributed by atoms with Crippen LogP contribution in [-0.4, -0.2) is 63.6 Å². The van der Waals surface area contributed by atoms with Crippen molar-refractivity contribution in [2.24, 2.45) is 0 Å². The topological polar surface area (TPSA) is 67.9 Å². The van der Waals surface area contributed by atoms with Crippen LogP contribution in [-0.2, 0) is 14.8 Å². The van der Waals surface area contributed by atoms with E-state index in [0.29, 0.717) is 51.1 Å². The van der Waals surface area contributed by atoms with Gasteiger partial charge in [-0.1, -0.05) is 0 Å². The van der Waals surface area contributed by atoms with E-state index in [2.05, 4.69) is 4.72 Å². The third kappa shape index (κ3) is 5.55. The maximum Gasteiger partial charge on any atom is 0.411 e. The second kappa shape index (κ2) is 9.08. The third-order valence-corrected chi connectivity index (χ3v) is 7.28. The molecular weight excluding hydrogens is 452 g/mol. The fourth-order valence-corrected chi connectivity index (χ4v) is 5.97. The van der Waals surface area contributed by atoms with Gasteiger partial charge in [0, 0.05) is 23.7 Å². The highest BCUT2D eigenvalue weighted by Gasteiger charge is 2.43. The average Bonchev–Trinajstić information content (AvgIpc) is 2.69. The number of nitrogens with zero attached hydrogens (tertiary/aromatic N) is 1. The first-order valence-corrected chi connectivity index (χ1v) is 12.8. The predicted octanol–water partition coefficient (Wildman–Crippen LogP) is 3.38. The lowest BCUT2D eigenvalue weighted by molar-refractivity contribution is -0.198. The van der Waals surface area contributed by atoms with Gasteiger partial charge in [-0.25, -0.2) is 21.9 Å². The summed E-state index contributed by atoms with van der Waals surface area (Å²) < 4.78 is 95.7. The summed E-state index contributed by atoms with van der Waals surface area (Å²) in [4.78, 5) is 1.44. The van der Waals surface area contributed by atoms with Gasteiger partial charge in [0.05, 0.1) is 19.0 Å². The minimum Gasteiger partial charge on any atom is -0.428 e. The third-order valence-electron chi connectivity index (χ3n) is 6.55. The number of benzene rings is 1. The zero-order chi connectivity index (χ0) is 23.1. The molecule has 2 bridgehead atoms. The SMILES string of the molecule is CS(=O)(=O)N[C@H]1CCCN2CC(F)(F)Oc3c(F)cc(F)cc3C3CCC(CC3)OCC12. The van der Waals surface area contributed by atoms with Gasteiger partial charge in [0.2, 0.25) is 10.0 Å². The van der Waals surface area contributed by atoms with Crippen molar-refractivity contribution in [1.82, 2.24) is 9.62 Å². The van der Waals surface area contributed by atoms with Gasteiger partial charge < -0.3 is 9.47 Å². The summed E-state index contributed by atoms with van der Waals surface area (Å²) in [6, 6.07) is 0.422. The zero-order valence-corrected chi connectivity index (χ0v) is 18.6. The number of nitrogens with one attached hydrogen (secondary N) is 1. The molecule has 1 unspecified atom stereocenters. The number of ether oxygens (including phenoxy) is 2. The van der Waals surface area contributed by atoms with Gasteiger partial charge in [0.15, 0.2) is 11.6 Å². The van der Waals surface area contributed by atoms with E-state index in [0.717, 1.165) is 12.3 Å². The predicted molar refractivity (Wildman–Crippen MR) is 109 cm³/mol. The maximum atomic E-state index is 15.0. The van der Waals surface area contributed by atoms with Crippen LogP contribution in [0.1, 0.15) is 50.0 Å². The van der Waals surface area contributed by atoms with Crippen molar-refractivity contribution in [3.8, 4) is 5.75 Å². The van der Waals surface area contributed by atoms with Crippen molar-refractivity contribution in [1.29, 1.82) is 0 Å². The second-order valence-electron chi connectivity index (χ2n) is 9.03. The number of hydrogen-bond acceptors (Lipinski definition) is 5. The Hall–Kier alpha value is -1.43. The van der Waals surface area contributed by atoms with Crippen molar-refractivity contribution in [3.05, 3.63) is 29.3 Å². The molecule has 0 radical (unpaired) electrons. The molecule has 0 aromatic heterocycles. The van der Waals surface area contributed by atoms with Crippen molar-refractivity contribution < 1.29 is 35.5 Å². The molecule has 11 heteroatoms. The van der Waals surface area contributed by atoms with E-state index >= 15 is 8.78 Å². The Morgan fingerprint density at radius 2 is 1.84 bits per heavy atom. The molecule has 1 aliphatic carbocycles. The van der Waals surface area contributed by atoms with Crippen LogP contribution in [0.2, 0.25) is 0 Å². The van der Waals surface area contributed by atoms with Gasteiger partial charge in [0.1, 0.15) is 12.4 Å².